The van der Waals surface area contributed by atoms with E-state index in [1.54, 1.807) is 0 Å². The number of hydrogen-bond acceptors (Lipinski definition) is 6. The Morgan fingerprint density at radius 3 is 2.50 bits per heavy atom. The molecule has 2 aromatic rings. The number of carbonyl (C=O) groups is 2. The smallest absolute Gasteiger partial charge is 0.340 e. The fraction of sp³-hybridized carbons (Fsp3) is 0.238. The third kappa shape index (κ3) is 4.12. The van der Waals surface area contributed by atoms with E-state index in [9.17, 15) is 18.0 Å². The van der Waals surface area contributed by atoms with Crippen LogP contribution in [0.25, 0.3) is 0 Å². The van der Waals surface area contributed by atoms with Crippen LogP contribution in [0.4, 0.5) is 5.69 Å². The largest absolute Gasteiger partial charge is 0.454 e. The van der Waals surface area contributed by atoms with E-state index in [4.69, 9.17) is 21.5 Å². The molecule has 2 aromatic carbocycles. The Hall–Kier alpha value is -2.68. The van der Waals surface area contributed by atoms with Crippen LogP contribution in [-0.4, -0.2) is 33.8 Å². The number of nitrogens with zero attached hydrogens (tertiary/aromatic N) is 1. The zero-order valence-electron chi connectivity index (χ0n) is 16.7. The van der Waals surface area contributed by atoms with Gasteiger partial charge in [0.05, 0.1) is 15.5 Å². The van der Waals surface area contributed by atoms with Gasteiger partial charge >= 0.3 is 5.97 Å². The van der Waals surface area contributed by atoms with Gasteiger partial charge in [-0.2, -0.15) is 0 Å². The van der Waals surface area contributed by atoms with Crippen LogP contribution in [0.3, 0.4) is 0 Å². The van der Waals surface area contributed by atoms with E-state index < -0.39 is 33.8 Å². The summed E-state index contributed by atoms with van der Waals surface area (Å²) in [7, 11) is -2.14. The Bertz CT molecular complexity index is 1170. The SMILES string of the molecule is CN1/C(=C\C(=O)COC(=O)c2cc(S(N)(=O)=O)ccc2Cl)C(C)(C)c2ccccc21. The Kier molecular flexibility index (Phi) is 5.77. The van der Waals surface area contributed by atoms with Crippen molar-refractivity contribution in [3.8, 4) is 0 Å². The van der Waals surface area contributed by atoms with Crippen LogP contribution in [0.5, 0.6) is 0 Å². The second-order valence-electron chi connectivity index (χ2n) is 7.46. The van der Waals surface area contributed by atoms with Crippen LogP contribution in [-0.2, 0) is 25.0 Å². The number of anilines is 1. The number of sulfonamides is 1. The number of benzene rings is 2. The number of ether oxygens (including phenoxy) is 1. The molecular weight excluding hydrogens is 428 g/mol. The van der Waals surface area contributed by atoms with Gasteiger partial charge in [0, 0.05) is 29.9 Å². The molecule has 2 N–H and O–H groups in total. The molecule has 1 heterocycles. The molecule has 0 saturated carbocycles. The van der Waals surface area contributed by atoms with Crippen molar-refractivity contribution in [1.82, 2.24) is 0 Å². The number of primary sulfonamides is 1. The summed E-state index contributed by atoms with van der Waals surface area (Å²) in [5, 5.41) is 5.07. The van der Waals surface area contributed by atoms with Gasteiger partial charge in [0.25, 0.3) is 0 Å². The van der Waals surface area contributed by atoms with Crippen molar-refractivity contribution in [2.75, 3.05) is 18.6 Å². The molecule has 0 amide bonds. The lowest BCUT2D eigenvalue weighted by Gasteiger charge is -2.23. The summed E-state index contributed by atoms with van der Waals surface area (Å²) in [5.74, 6) is -1.33. The molecule has 0 bridgehead atoms. The number of rotatable bonds is 5. The summed E-state index contributed by atoms with van der Waals surface area (Å²) in [6.07, 6.45) is 1.45. The van der Waals surface area contributed by atoms with Crippen molar-refractivity contribution >= 4 is 39.1 Å². The number of halogens is 1. The molecule has 0 unspecified atom stereocenters. The molecule has 7 nitrogen and oxygen atoms in total. The third-order valence-electron chi connectivity index (χ3n) is 5.07. The summed E-state index contributed by atoms with van der Waals surface area (Å²) < 4.78 is 28.0. The normalized spacial score (nSPS) is 16.4. The van der Waals surface area contributed by atoms with E-state index in [-0.39, 0.29) is 15.5 Å². The lowest BCUT2D eigenvalue weighted by atomic mass is 9.83. The van der Waals surface area contributed by atoms with Gasteiger partial charge in [0.2, 0.25) is 10.0 Å². The van der Waals surface area contributed by atoms with Crippen molar-refractivity contribution in [3.05, 3.63) is 70.4 Å². The van der Waals surface area contributed by atoms with Gasteiger partial charge in [0.1, 0.15) is 0 Å². The minimum atomic E-state index is -4.02. The maximum absolute atomic E-state index is 12.5. The quantitative estimate of drug-likeness (QED) is 0.556. The van der Waals surface area contributed by atoms with Crippen molar-refractivity contribution in [1.29, 1.82) is 0 Å². The van der Waals surface area contributed by atoms with E-state index in [2.05, 4.69) is 0 Å². The highest BCUT2D eigenvalue weighted by molar-refractivity contribution is 7.89. The number of ketones is 1. The van der Waals surface area contributed by atoms with Crippen molar-refractivity contribution in [3.63, 3.8) is 0 Å². The Morgan fingerprint density at radius 2 is 1.87 bits per heavy atom. The van der Waals surface area contributed by atoms with E-state index >= 15 is 0 Å². The van der Waals surface area contributed by atoms with Gasteiger partial charge < -0.3 is 9.64 Å². The fourth-order valence-electron chi connectivity index (χ4n) is 3.51. The fourth-order valence-corrected chi connectivity index (χ4v) is 4.24. The van der Waals surface area contributed by atoms with Crippen LogP contribution in [0.1, 0.15) is 29.8 Å². The van der Waals surface area contributed by atoms with E-state index in [1.807, 2.05) is 50.1 Å². The molecule has 0 aliphatic carbocycles. The van der Waals surface area contributed by atoms with Gasteiger partial charge in [-0.25, -0.2) is 18.4 Å². The molecule has 0 aromatic heterocycles. The summed E-state index contributed by atoms with van der Waals surface area (Å²) in [6, 6.07) is 11.3. The van der Waals surface area contributed by atoms with Gasteiger partial charge in [-0.1, -0.05) is 43.6 Å². The molecule has 30 heavy (non-hydrogen) atoms. The zero-order valence-corrected chi connectivity index (χ0v) is 18.3. The lowest BCUT2D eigenvalue weighted by molar-refractivity contribution is -0.117. The van der Waals surface area contributed by atoms with E-state index in [1.165, 1.54) is 18.2 Å². The number of carbonyl (C=O) groups excluding carboxylic acids is 2. The molecule has 3 rings (SSSR count). The summed E-state index contributed by atoms with van der Waals surface area (Å²) in [4.78, 5) is 26.5. The minimum absolute atomic E-state index is 0.00897. The Morgan fingerprint density at radius 1 is 1.20 bits per heavy atom. The topological polar surface area (TPSA) is 107 Å². The predicted molar refractivity (Wildman–Crippen MR) is 114 cm³/mol. The third-order valence-corrected chi connectivity index (χ3v) is 6.31. The predicted octanol–water partition coefficient (Wildman–Crippen LogP) is 3.02. The first-order valence-corrected chi connectivity index (χ1v) is 10.9. The van der Waals surface area contributed by atoms with Gasteiger partial charge in [-0.15, -0.1) is 0 Å². The second kappa shape index (κ2) is 7.86. The summed E-state index contributed by atoms with van der Waals surface area (Å²) >= 11 is 5.96. The Labute approximate surface area is 180 Å². The van der Waals surface area contributed by atoms with Crippen molar-refractivity contribution in [2.24, 2.45) is 5.14 Å². The van der Waals surface area contributed by atoms with Crippen LogP contribution >= 0.6 is 11.6 Å². The second-order valence-corrected chi connectivity index (χ2v) is 9.43. The number of nitrogens with two attached hydrogens (primary N) is 1. The van der Waals surface area contributed by atoms with E-state index in [0.717, 1.165) is 23.0 Å². The number of allylic oxidation sites excluding steroid dienone is 1. The molecule has 9 heteroatoms. The summed E-state index contributed by atoms with van der Waals surface area (Å²) in [6.45, 7) is 3.51. The highest BCUT2D eigenvalue weighted by atomic mass is 35.5. The average Bonchev–Trinajstić information content (AvgIpc) is 2.86. The Balaban J connectivity index is 1.76. The van der Waals surface area contributed by atoms with Crippen LogP contribution in [0, 0.1) is 0 Å². The molecular formula is C21H21ClN2O5S. The molecule has 0 fully saturated rings. The van der Waals surface area contributed by atoms with Gasteiger partial charge in [-0.3, -0.25) is 4.79 Å². The van der Waals surface area contributed by atoms with E-state index in [0.29, 0.717) is 0 Å². The molecule has 0 spiro atoms. The monoisotopic (exact) mass is 448 g/mol. The maximum atomic E-state index is 12.5. The number of para-hydroxylation sites is 1. The van der Waals surface area contributed by atoms with Crippen LogP contribution < -0.4 is 10.0 Å². The first-order chi connectivity index (χ1) is 13.9. The molecule has 1 aliphatic heterocycles. The lowest BCUT2D eigenvalue weighted by Crippen LogP contribution is -2.25. The maximum Gasteiger partial charge on any atom is 0.340 e. The minimum Gasteiger partial charge on any atom is -0.454 e. The first-order valence-electron chi connectivity index (χ1n) is 9.00. The van der Waals surface area contributed by atoms with Gasteiger partial charge in [0.15, 0.2) is 12.4 Å². The molecule has 0 radical (unpaired) electrons. The molecule has 0 atom stereocenters. The standard InChI is InChI=1S/C21H21ClN2O5S/c1-21(2)16-6-4-5-7-18(16)24(3)19(21)10-13(25)12-29-20(26)15-11-14(30(23,27)28)8-9-17(15)22/h4-11H,12H2,1-3H3,(H2,23,27,28)/b19-10-. The van der Waals surface area contributed by atoms with Crippen molar-refractivity contribution in [2.45, 2.75) is 24.2 Å². The number of likely N-dealkylation sites (N-methyl/N-ethyl adjacent to an activating group) is 1. The highest BCUT2D eigenvalue weighted by Crippen LogP contribution is 2.46. The van der Waals surface area contributed by atoms with Crippen molar-refractivity contribution < 1.29 is 22.7 Å². The molecule has 1 aliphatic rings. The van der Waals surface area contributed by atoms with Crippen LogP contribution in [0.2, 0.25) is 5.02 Å². The van der Waals surface area contributed by atoms with Gasteiger partial charge in [-0.05, 0) is 29.8 Å². The number of hydrogen-bond donors (Lipinski definition) is 1. The number of fused-ring (bicyclic) bond motifs is 1. The summed E-state index contributed by atoms with van der Waals surface area (Å²) in [5.41, 5.74) is 2.30. The molecule has 0 saturated heterocycles. The molecule has 158 valence electrons. The first kappa shape index (κ1) is 22.0. The number of esters is 1. The highest BCUT2D eigenvalue weighted by Gasteiger charge is 2.38. The van der Waals surface area contributed by atoms with Crippen LogP contribution in [0.15, 0.2) is 59.1 Å². The zero-order chi connectivity index (χ0) is 22.3. The average molecular weight is 449 g/mol.